The molecule has 0 aromatic heterocycles. The van der Waals surface area contributed by atoms with Crippen LogP contribution in [-0.4, -0.2) is 34.3 Å². The summed E-state index contributed by atoms with van der Waals surface area (Å²) in [5.41, 5.74) is -0.566. The van der Waals surface area contributed by atoms with Crippen LogP contribution >= 0.6 is 0 Å². The molecular weight excluding hydrogens is 240 g/mol. The van der Waals surface area contributed by atoms with Crippen molar-refractivity contribution in [1.82, 2.24) is 10.2 Å². The summed E-state index contributed by atoms with van der Waals surface area (Å²) in [5, 5.41) is 3.10. The predicted molar refractivity (Wildman–Crippen MR) is 72.5 cm³/mol. The highest BCUT2D eigenvalue weighted by Gasteiger charge is 2.55. The summed E-state index contributed by atoms with van der Waals surface area (Å²) in [6.45, 7) is 4.07. The van der Waals surface area contributed by atoms with Gasteiger partial charge < -0.3 is 10.2 Å². The van der Waals surface area contributed by atoms with Crippen molar-refractivity contribution >= 4 is 11.8 Å². The van der Waals surface area contributed by atoms with Gasteiger partial charge in [0.25, 0.3) is 0 Å². The van der Waals surface area contributed by atoms with Gasteiger partial charge in [0.15, 0.2) is 0 Å². The van der Waals surface area contributed by atoms with Gasteiger partial charge in [-0.1, -0.05) is 33.1 Å². The quantitative estimate of drug-likeness (QED) is 0.827. The Kier molecular flexibility index (Phi) is 3.06. The average Bonchev–Trinajstić information content (AvgIpc) is 3.18. The first-order chi connectivity index (χ1) is 9.05. The van der Waals surface area contributed by atoms with Gasteiger partial charge in [0, 0.05) is 6.04 Å². The van der Waals surface area contributed by atoms with Gasteiger partial charge in [-0.2, -0.15) is 0 Å². The molecule has 4 nitrogen and oxygen atoms in total. The predicted octanol–water partition coefficient (Wildman–Crippen LogP) is 1.83. The zero-order chi connectivity index (χ0) is 13.6. The molecule has 0 bridgehead atoms. The summed E-state index contributed by atoms with van der Waals surface area (Å²) in [7, 11) is 0. The van der Waals surface area contributed by atoms with Crippen LogP contribution in [0.4, 0.5) is 0 Å². The molecule has 2 amide bonds. The molecule has 19 heavy (non-hydrogen) atoms. The fourth-order valence-corrected chi connectivity index (χ4v) is 3.73. The molecule has 1 atom stereocenters. The Morgan fingerprint density at radius 1 is 1.16 bits per heavy atom. The third-order valence-corrected chi connectivity index (χ3v) is 4.85. The average molecular weight is 264 g/mol. The molecule has 1 aliphatic heterocycles. The Morgan fingerprint density at radius 2 is 1.79 bits per heavy atom. The van der Waals surface area contributed by atoms with E-state index in [0.29, 0.717) is 6.04 Å². The summed E-state index contributed by atoms with van der Waals surface area (Å²) in [6, 6.07) is 0.0669. The molecule has 1 N–H and O–H groups in total. The van der Waals surface area contributed by atoms with Crippen LogP contribution in [0.2, 0.25) is 0 Å². The zero-order valence-electron chi connectivity index (χ0n) is 11.9. The zero-order valence-corrected chi connectivity index (χ0v) is 11.9. The van der Waals surface area contributed by atoms with Gasteiger partial charge in [-0.05, 0) is 31.6 Å². The number of rotatable bonds is 2. The van der Waals surface area contributed by atoms with Crippen LogP contribution in [-0.2, 0) is 9.59 Å². The van der Waals surface area contributed by atoms with E-state index in [1.807, 2.05) is 18.7 Å². The Bertz CT molecular complexity index is 395. The fraction of sp³-hybridized carbons (Fsp3) is 0.867. The maximum Gasteiger partial charge on any atom is 0.249 e. The third-order valence-electron chi connectivity index (χ3n) is 4.85. The molecule has 3 fully saturated rings. The first kappa shape index (κ1) is 12.9. The maximum atomic E-state index is 13.0. The van der Waals surface area contributed by atoms with E-state index in [1.54, 1.807) is 0 Å². The lowest BCUT2D eigenvalue weighted by Gasteiger charge is -2.49. The van der Waals surface area contributed by atoms with Crippen molar-refractivity contribution in [2.75, 3.05) is 0 Å². The molecule has 1 spiro atoms. The van der Waals surface area contributed by atoms with Crippen molar-refractivity contribution in [2.45, 2.75) is 76.4 Å². The van der Waals surface area contributed by atoms with E-state index in [0.717, 1.165) is 38.5 Å². The summed E-state index contributed by atoms with van der Waals surface area (Å²) in [5.74, 6) is 0.460. The minimum atomic E-state index is -0.566. The molecular formula is C15H24N2O2. The monoisotopic (exact) mass is 264 g/mol. The van der Waals surface area contributed by atoms with Gasteiger partial charge in [-0.15, -0.1) is 0 Å². The number of amides is 2. The van der Waals surface area contributed by atoms with Gasteiger partial charge >= 0.3 is 0 Å². The molecule has 106 valence electrons. The van der Waals surface area contributed by atoms with Crippen LogP contribution in [0.1, 0.15) is 58.8 Å². The van der Waals surface area contributed by atoms with Crippen molar-refractivity contribution in [1.29, 1.82) is 0 Å². The van der Waals surface area contributed by atoms with Crippen LogP contribution in [0, 0.1) is 5.92 Å². The van der Waals surface area contributed by atoms with Gasteiger partial charge in [0.05, 0.1) is 0 Å². The molecule has 2 saturated carbocycles. The highest BCUT2D eigenvalue weighted by atomic mass is 16.2. The molecule has 1 unspecified atom stereocenters. The molecule has 1 saturated heterocycles. The lowest BCUT2D eigenvalue weighted by molar-refractivity contribution is -0.159. The molecule has 0 aromatic carbocycles. The smallest absolute Gasteiger partial charge is 0.249 e. The number of carbonyl (C=O) groups excluding carboxylic acids is 2. The standard InChI is InChI=1S/C15H24N2O2/c1-10(2)12-13(18)16-15(8-4-3-5-9-15)14(19)17(12)11-6-7-11/h10-12H,3-9H2,1-2H3,(H,16,18). The van der Waals surface area contributed by atoms with Crippen LogP contribution in [0.5, 0.6) is 0 Å². The molecule has 3 aliphatic rings. The summed E-state index contributed by atoms with van der Waals surface area (Å²) < 4.78 is 0. The molecule has 1 heterocycles. The lowest BCUT2D eigenvalue weighted by atomic mass is 9.77. The molecule has 4 heteroatoms. The largest absolute Gasteiger partial charge is 0.340 e. The SMILES string of the molecule is CC(C)C1C(=O)NC2(CCCCC2)C(=O)N1C1CC1. The van der Waals surface area contributed by atoms with Crippen LogP contribution in [0.3, 0.4) is 0 Å². The van der Waals surface area contributed by atoms with E-state index < -0.39 is 5.54 Å². The van der Waals surface area contributed by atoms with E-state index in [1.165, 1.54) is 6.42 Å². The topological polar surface area (TPSA) is 49.4 Å². The van der Waals surface area contributed by atoms with E-state index in [9.17, 15) is 9.59 Å². The first-order valence-electron chi connectivity index (χ1n) is 7.70. The Hall–Kier alpha value is -1.06. The Balaban J connectivity index is 1.92. The first-order valence-corrected chi connectivity index (χ1v) is 7.70. The normalized spacial score (nSPS) is 30.9. The summed E-state index contributed by atoms with van der Waals surface area (Å²) >= 11 is 0. The van der Waals surface area contributed by atoms with E-state index in [4.69, 9.17) is 0 Å². The van der Waals surface area contributed by atoms with Gasteiger partial charge in [0.2, 0.25) is 11.8 Å². The Labute approximate surface area is 114 Å². The number of hydrogen-bond donors (Lipinski definition) is 1. The van der Waals surface area contributed by atoms with Crippen LogP contribution < -0.4 is 5.32 Å². The minimum absolute atomic E-state index is 0.0726. The van der Waals surface area contributed by atoms with Crippen molar-refractivity contribution in [3.63, 3.8) is 0 Å². The van der Waals surface area contributed by atoms with Crippen molar-refractivity contribution in [3.8, 4) is 0 Å². The van der Waals surface area contributed by atoms with E-state index >= 15 is 0 Å². The van der Waals surface area contributed by atoms with E-state index in [-0.39, 0.29) is 23.8 Å². The summed E-state index contributed by atoms with van der Waals surface area (Å²) in [6.07, 6.45) is 7.07. The second-order valence-corrected chi connectivity index (χ2v) is 6.76. The third kappa shape index (κ3) is 2.05. The fourth-order valence-electron chi connectivity index (χ4n) is 3.73. The Morgan fingerprint density at radius 3 is 2.32 bits per heavy atom. The number of nitrogens with one attached hydrogen (secondary N) is 1. The number of hydrogen-bond acceptors (Lipinski definition) is 2. The van der Waals surface area contributed by atoms with Crippen molar-refractivity contribution in [3.05, 3.63) is 0 Å². The van der Waals surface area contributed by atoms with Gasteiger partial charge in [-0.3, -0.25) is 9.59 Å². The highest BCUT2D eigenvalue weighted by molar-refractivity contribution is 6.00. The van der Waals surface area contributed by atoms with Gasteiger partial charge in [0.1, 0.15) is 11.6 Å². The van der Waals surface area contributed by atoms with Gasteiger partial charge in [-0.25, -0.2) is 0 Å². The molecule has 0 aromatic rings. The number of carbonyl (C=O) groups is 2. The number of nitrogens with zero attached hydrogens (tertiary/aromatic N) is 1. The van der Waals surface area contributed by atoms with Crippen molar-refractivity contribution in [2.24, 2.45) is 5.92 Å². The molecule has 3 rings (SSSR count). The van der Waals surface area contributed by atoms with E-state index in [2.05, 4.69) is 5.32 Å². The van der Waals surface area contributed by atoms with Crippen LogP contribution in [0.25, 0.3) is 0 Å². The number of piperazine rings is 1. The second-order valence-electron chi connectivity index (χ2n) is 6.76. The summed E-state index contributed by atoms with van der Waals surface area (Å²) in [4.78, 5) is 27.4. The van der Waals surface area contributed by atoms with Crippen molar-refractivity contribution < 1.29 is 9.59 Å². The van der Waals surface area contributed by atoms with Crippen LogP contribution in [0.15, 0.2) is 0 Å². The molecule has 2 aliphatic carbocycles. The highest BCUT2D eigenvalue weighted by Crippen LogP contribution is 2.39. The molecule has 0 radical (unpaired) electrons. The minimum Gasteiger partial charge on any atom is -0.340 e. The lowest BCUT2D eigenvalue weighted by Crippen LogP contribution is -2.72. The second kappa shape index (κ2) is 4.50. The maximum absolute atomic E-state index is 13.0.